The summed E-state index contributed by atoms with van der Waals surface area (Å²) in [4.78, 5) is 0. The minimum Gasteiger partial charge on any atom is -0.281 e. The molecule has 0 bridgehead atoms. The highest BCUT2D eigenvalue weighted by Gasteiger charge is 2.34. The summed E-state index contributed by atoms with van der Waals surface area (Å²) >= 11 is 0. The molecule has 5 nitrogen and oxygen atoms in total. The zero-order chi connectivity index (χ0) is 10.3. The third kappa shape index (κ3) is 2.18. The number of hydrogen-bond acceptors (Lipinski definition) is 3. The molecular formula is C4H3F3N2O3S. The van der Waals surface area contributed by atoms with Gasteiger partial charge in [-0.15, -0.1) is 0 Å². The summed E-state index contributed by atoms with van der Waals surface area (Å²) in [6.07, 6.45) is -4.71. The van der Waals surface area contributed by atoms with Crippen LogP contribution in [0.4, 0.5) is 13.2 Å². The monoisotopic (exact) mass is 216 g/mol. The molecule has 1 heterocycles. The van der Waals surface area contributed by atoms with Crippen LogP contribution in [0.3, 0.4) is 0 Å². The van der Waals surface area contributed by atoms with Gasteiger partial charge in [0.05, 0.1) is 0 Å². The molecule has 0 amide bonds. The standard InChI is InChI=1S/C4H3F3N2O3S/c5-4(6,7)2-1-3(9-8-2)13(10,11)12/h1H,(H,8,9)(H,10,11,12). The first-order chi connectivity index (χ1) is 5.71. The van der Waals surface area contributed by atoms with Gasteiger partial charge in [-0.25, -0.2) is 0 Å². The smallest absolute Gasteiger partial charge is 0.281 e. The zero-order valence-corrected chi connectivity index (χ0v) is 6.65. The summed E-state index contributed by atoms with van der Waals surface area (Å²) in [5.41, 5.74) is -1.33. The Kier molecular flexibility index (Phi) is 2.08. The number of nitrogens with one attached hydrogen (secondary N) is 1. The molecule has 9 heteroatoms. The van der Waals surface area contributed by atoms with Crippen LogP contribution < -0.4 is 0 Å². The van der Waals surface area contributed by atoms with Crippen LogP contribution >= 0.6 is 0 Å². The van der Waals surface area contributed by atoms with Gasteiger partial charge in [0.25, 0.3) is 0 Å². The first-order valence-corrected chi connectivity index (χ1v) is 4.25. The molecule has 0 unspecified atom stereocenters. The largest absolute Gasteiger partial charge is 0.432 e. The van der Waals surface area contributed by atoms with E-state index < -0.39 is 27.0 Å². The highest BCUT2D eigenvalue weighted by atomic mass is 32.2. The molecule has 0 aliphatic carbocycles. The minimum atomic E-state index is -4.71. The molecule has 0 aliphatic heterocycles. The van der Waals surface area contributed by atoms with Gasteiger partial charge in [-0.1, -0.05) is 0 Å². The third-order valence-electron chi connectivity index (χ3n) is 1.12. The van der Waals surface area contributed by atoms with Gasteiger partial charge in [0.15, 0.2) is 0 Å². The quantitative estimate of drug-likeness (QED) is 0.676. The van der Waals surface area contributed by atoms with Crippen molar-refractivity contribution in [2.24, 2.45) is 0 Å². The molecule has 0 saturated heterocycles. The van der Waals surface area contributed by atoms with Crippen molar-refractivity contribution in [2.75, 3.05) is 0 Å². The lowest BCUT2D eigenvalue weighted by Crippen LogP contribution is -2.04. The molecule has 0 saturated carbocycles. The second-order valence-electron chi connectivity index (χ2n) is 2.09. The summed E-state index contributed by atoms with van der Waals surface area (Å²) in [5, 5.41) is 3.15. The van der Waals surface area contributed by atoms with Crippen LogP contribution in [0.2, 0.25) is 0 Å². The molecule has 74 valence electrons. The Morgan fingerprint density at radius 2 is 2.00 bits per heavy atom. The van der Waals surface area contributed by atoms with E-state index in [1.807, 2.05) is 0 Å². The van der Waals surface area contributed by atoms with Crippen LogP contribution in [0.25, 0.3) is 0 Å². The molecule has 0 aromatic carbocycles. The van der Waals surface area contributed by atoms with Gasteiger partial charge >= 0.3 is 16.3 Å². The zero-order valence-electron chi connectivity index (χ0n) is 5.83. The van der Waals surface area contributed by atoms with Gasteiger partial charge in [-0.2, -0.15) is 26.7 Å². The van der Waals surface area contributed by atoms with Gasteiger partial charge < -0.3 is 0 Å². The lowest BCUT2D eigenvalue weighted by molar-refractivity contribution is -0.141. The van der Waals surface area contributed by atoms with Gasteiger partial charge in [-0.05, 0) is 0 Å². The van der Waals surface area contributed by atoms with E-state index in [1.165, 1.54) is 5.10 Å². The Bertz CT molecular complexity index is 407. The fraction of sp³-hybridized carbons (Fsp3) is 0.250. The average molecular weight is 216 g/mol. The molecular weight excluding hydrogens is 213 g/mol. The van der Waals surface area contributed by atoms with E-state index in [9.17, 15) is 21.6 Å². The molecule has 1 rings (SSSR count). The molecule has 2 N–H and O–H groups in total. The van der Waals surface area contributed by atoms with Gasteiger partial charge in [0, 0.05) is 6.07 Å². The molecule has 0 aliphatic rings. The van der Waals surface area contributed by atoms with Gasteiger partial charge in [0.1, 0.15) is 5.69 Å². The van der Waals surface area contributed by atoms with Crippen molar-refractivity contribution in [1.29, 1.82) is 0 Å². The fourth-order valence-electron chi connectivity index (χ4n) is 0.581. The topological polar surface area (TPSA) is 83.0 Å². The maximum atomic E-state index is 11.8. The molecule has 1 aromatic rings. The Morgan fingerprint density at radius 1 is 1.46 bits per heavy atom. The average Bonchev–Trinajstić information content (AvgIpc) is 2.28. The Hall–Kier alpha value is -1.09. The number of rotatable bonds is 1. The maximum Gasteiger partial charge on any atom is 0.432 e. The lowest BCUT2D eigenvalue weighted by atomic mass is 10.4. The molecule has 13 heavy (non-hydrogen) atoms. The number of halogens is 3. The van der Waals surface area contributed by atoms with Crippen molar-refractivity contribution in [3.63, 3.8) is 0 Å². The second-order valence-corrected chi connectivity index (χ2v) is 3.46. The highest BCUT2D eigenvalue weighted by molar-refractivity contribution is 7.85. The van der Waals surface area contributed by atoms with Crippen LogP contribution in [0.1, 0.15) is 5.69 Å². The van der Waals surface area contributed by atoms with E-state index in [0.717, 1.165) is 0 Å². The predicted octanol–water partition coefficient (Wildman–Crippen LogP) is 0.675. The number of H-pyrrole nitrogens is 1. The van der Waals surface area contributed by atoms with Crippen LogP contribution in [0.15, 0.2) is 11.1 Å². The highest BCUT2D eigenvalue weighted by Crippen LogP contribution is 2.28. The fourth-order valence-corrected chi connectivity index (χ4v) is 1.01. The van der Waals surface area contributed by atoms with Crippen molar-refractivity contribution < 1.29 is 26.1 Å². The summed E-state index contributed by atoms with van der Waals surface area (Å²) in [7, 11) is -4.68. The molecule has 0 spiro atoms. The molecule has 1 aromatic heterocycles. The van der Waals surface area contributed by atoms with Crippen molar-refractivity contribution in [3.8, 4) is 0 Å². The Balaban J connectivity index is 3.16. The van der Waals surface area contributed by atoms with Crippen molar-refractivity contribution >= 4 is 10.1 Å². The van der Waals surface area contributed by atoms with Crippen molar-refractivity contribution in [3.05, 3.63) is 11.8 Å². The van der Waals surface area contributed by atoms with E-state index >= 15 is 0 Å². The first-order valence-electron chi connectivity index (χ1n) is 2.81. The van der Waals surface area contributed by atoms with Gasteiger partial charge in [0.2, 0.25) is 5.03 Å². The molecule has 0 fully saturated rings. The van der Waals surface area contributed by atoms with Crippen LogP contribution in [-0.4, -0.2) is 23.2 Å². The van der Waals surface area contributed by atoms with Crippen molar-refractivity contribution in [1.82, 2.24) is 10.2 Å². The normalized spacial score (nSPS) is 13.2. The lowest BCUT2D eigenvalue weighted by Gasteiger charge is -1.99. The van der Waals surface area contributed by atoms with E-state index in [-0.39, 0.29) is 6.07 Å². The first kappa shape index (κ1) is 9.99. The summed E-state index contributed by atoms with van der Waals surface area (Å²) in [5.74, 6) is 0. The number of hydrogen-bond donors (Lipinski definition) is 2. The molecule has 0 atom stereocenters. The van der Waals surface area contributed by atoms with Crippen LogP contribution in [-0.2, 0) is 16.3 Å². The Morgan fingerprint density at radius 3 is 2.23 bits per heavy atom. The van der Waals surface area contributed by atoms with Gasteiger partial charge in [-0.3, -0.25) is 9.65 Å². The maximum absolute atomic E-state index is 11.8. The predicted molar refractivity (Wildman–Crippen MR) is 33.4 cm³/mol. The number of aromatic nitrogens is 2. The molecule has 0 radical (unpaired) electrons. The van der Waals surface area contributed by atoms with E-state index in [4.69, 9.17) is 4.55 Å². The number of alkyl halides is 3. The summed E-state index contributed by atoms with van der Waals surface area (Å²) in [6.45, 7) is 0. The summed E-state index contributed by atoms with van der Waals surface area (Å²) < 4.78 is 64.4. The second kappa shape index (κ2) is 2.70. The van der Waals surface area contributed by atoms with E-state index in [1.54, 1.807) is 0 Å². The number of aromatic amines is 1. The Labute approximate surface area is 70.3 Å². The minimum absolute atomic E-state index is 0.204. The van der Waals surface area contributed by atoms with E-state index in [2.05, 4.69) is 5.10 Å². The SMILES string of the molecule is O=S(=O)(O)c1cc(C(F)(F)F)[nH]n1. The number of nitrogens with zero attached hydrogens (tertiary/aromatic N) is 1. The van der Waals surface area contributed by atoms with Crippen LogP contribution in [0, 0.1) is 0 Å². The third-order valence-corrected chi connectivity index (χ3v) is 1.86. The van der Waals surface area contributed by atoms with E-state index in [0.29, 0.717) is 0 Å². The van der Waals surface area contributed by atoms with Crippen LogP contribution in [0.5, 0.6) is 0 Å². The summed E-state index contributed by atoms with van der Waals surface area (Å²) in [6, 6.07) is 0.204. The van der Waals surface area contributed by atoms with Crippen molar-refractivity contribution in [2.45, 2.75) is 11.2 Å².